The molecule has 0 atom stereocenters. The molecule has 0 aliphatic carbocycles. The molecular formula is C28H18ClN5. The van der Waals surface area contributed by atoms with Crippen molar-refractivity contribution in [3.05, 3.63) is 114 Å². The van der Waals surface area contributed by atoms with Crippen LogP contribution in [0.3, 0.4) is 0 Å². The summed E-state index contributed by atoms with van der Waals surface area (Å²) in [6, 6.07) is 36.2. The standard InChI is InChI=1S/C28H18ClN5/c29-28-32-25(19-10-3-1-4-11-19)31-26(33-28)21-14-9-15-22(18-21)34-24-17-8-7-16-23(24)30-27(34)20-12-5-2-6-13-20/h1-18H. The van der Waals surface area contributed by atoms with Crippen LogP contribution in [0.25, 0.3) is 50.9 Å². The van der Waals surface area contributed by atoms with Crippen molar-refractivity contribution in [3.8, 4) is 39.9 Å². The topological polar surface area (TPSA) is 56.5 Å². The second-order valence-electron chi connectivity index (χ2n) is 7.79. The van der Waals surface area contributed by atoms with E-state index in [0.29, 0.717) is 11.6 Å². The molecular weight excluding hydrogens is 442 g/mol. The van der Waals surface area contributed by atoms with Crippen LogP contribution in [0.2, 0.25) is 5.28 Å². The number of para-hydroxylation sites is 2. The lowest BCUT2D eigenvalue weighted by Gasteiger charge is -2.11. The number of rotatable bonds is 4. The Hall–Kier alpha value is -4.35. The zero-order valence-corrected chi connectivity index (χ0v) is 18.8. The van der Waals surface area contributed by atoms with E-state index in [4.69, 9.17) is 21.6 Å². The molecule has 0 bridgehead atoms. The van der Waals surface area contributed by atoms with Crippen molar-refractivity contribution in [2.75, 3.05) is 0 Å². The number of halogens is 1. The first-order chi connectivity index (χ1) is 16.8. The van der Waals surface area contributed by atoms with Gasteiger partial charge in [0.05, 0.1) is 11.0 Å². The minimum atomic E-state index is 0.160. The largest absolute Gasteiger partial charge is 0.292 e. The van der Waals surface area contributed by atoms with Crippen molar-refractivity contribution in [2.45, 2.75) is 0 Å². The third-order valence-electron chi connectivity index (χ3n) is 5.60. The van der Waals surface area contributed by atoms with Gasteiger partial charge in [0.15, 0.2) is 11.6 Å². The summed E-state index contributed by atoms with van der Waals surface area (Å²) in [6.07, 6.45) is 0. The maximum absolute atomic E-state index is 6.30. The Morgan fingerprint density at radius 2 is 1.15 bits per heavy atom. The quantitative estimate of drug-likeness (QED) is 0.289. The van der Waals surface area contributed by atoms with Crippen molar-refractivity contribution in [1.29, 1.82) is 0 Å². The van der Waals surface area contributed by atoms with Crippen molar-refractivity contribution in [1.82, 2.24) is 24.5 Å². The van der Waals surface area contributed by atoms with Gasteiger partial charge in [0.25, 0.3) is 0 Å². The van der Waals surface area contributed by atoms with E-state index in [1.807, 2.05) is 78.9 Å². The van der Waals surface area contributed by atoms with Gasteiger partial charge in [-0.05, 0) is 35.9 Å². The van der Waals surface area contributed by atoms with Crippen LogP contribution in [-0.4, -0.2) is 24.5 Å². The van der Waals surface area contributed by atoms with E-state index in [1.54, 1.807) is 0 Å². The first-order valence-corrected chi connectivity index (χ1v) is 11.2. The lowest BCUT2D eigenvalue weighted by Crippen LogP contribution is -2.00. The van der Waals surface area contributed by atoms with E-state index in [2.05, 4.69) is 44.9 Å². The van der Waals surface area contributed by atoms with E-state index < -0.39 is 0 Å². The number of benzene rings is 4. The Labute approximate surface area is 201 Å². The maximum Gasteiger partial charge on any atom is 0.226 e. The van der Waals surface area contributed by atoms with Gasteiger partial charge in [0.2, 0.25) is 5.28 Å². The molecule has 2 aromatic heterocycles. The Kier molecular flexibility index (Phi) is 5.09. The highest BCUT2D eigenvalue weighted by Gasteiger charge is 2.16. The number of fused-ring (bicyclic) bond motifs is 1. The highest BCUT2D eigenvalue weighted by Crippen LogP contribution is 2.30. The predicted molar refractivity (Wildman–Crippen MR) is 136 cm³/mol. The zero-order chi connectivity index (χ0) is 22.9. The van der Waals surface area contributed by atoms with Crippen LogP contribution in [-0.2, 0) is 0 Å². The maximum atomic E-state index is 6.30. The van der Waals surface area contributed by atoms with Gasteiger partial charge in [-0.1, -0.05) is 84.9 Å². The Balaban J connectivity index is 1.52. The molecule has 6 heteroatoms. The van der Waals surface area contributed by atoms with E-state index in [9.17, 15) is 0 Å². The molecule has 6 rings (SSSR count). The van der Waals surface area contributed by atoms with Crippen LogP contribution in [0, 0.1) is 0 Å². The van der Waals surface area contributed by atoms with Gasteiger partial charge in [-0.15, -0.1) is 0 Å². The summed E-state index contributed by atoms with van der Waals surface area (Å²) < 4.78 is 2.16. The molecule has 0 N–H and O–H groups in total. The van der Waals surface area contributed by atoms with Crippen molar-refractivity contribution in [3.63, 3.8) is 0 Å². The highest BCUT2D eigenvalue weighted by atomic mass is 35.5. The monoisotopic (exact) mass is 459 g/mol. The molecule has 0 saturated carbocycles. The summed E-state index contributed by atoms with van der Waals surface area (Å²) in [5.41, 5.74) is 5.69. The molecule has 4 aromatic carbocycles. The fourth-order valence-electron chi connectivity index (χ4n) is 4.05. The molecule has 2 heterocycles. The molecule has 6 aromatic rings. The lowest BCUT2D eigenvalue weighted by molar-refractivity contribution is 1.06. The average molecular weight is 460 g/mol. The predicted octanol–water partition coefficient (Wildman–Crippen LogP) is 6.86. The second kappa shape index (κ2) is 8.54. The minimum absolute atomic E-state index is 0.160. The minimum Gasteiger partial charge on any atom is -0.292 e. The molecule has 34 heavy (non-hydrogen) atoms. The van der Waals surface area contributed by atoms with Crippen molar-refractivity contribution < 1.29 is 0 Å². The Morgan fingerprint density at radius 1 is 0.529 bits per heavy atom. The first-order valence-electron chi connectivity index (χ1n) is 10.9. The summed E-state index contributed by atoms with van der Waals surface area (Å²) in [6.45, 7) is 0. The Bertz CT molecular complexity index is 1610. The number of nitrogens with zero attached hydrogens (tertiary/aromatic N) is 5. The lowest BCUT2D eigenvalue weighted by atomic mass is 10.1. The van der Waals surface area contributed by atoms with Crippen LogP contribution in [0.1, 0.15) is 0 Å². The van der Waals surface area contributed by atoms with Gasteiger partial charge in [-0.25, -0.2) is 9.97 Å². The smallest absolute Gasteiger partial charge is 0.226 e. The number of hydrogen-bond donors (Lipinski definition) is 0. The summed E-state index contributed by atoms with van der Waals surface area (Å²) in [5, 5.41) is 0.160. The van der Waals surface area contributed by atoms with Gasteiger partial charge in [-0.2, -0.15) is 9.97 Å². The molecule has 0 saturated heterocycles. The third kappa shape index (κ3) is 3.72. The third-order valence-corrected chi connectivity index (χ3v) is 5.76. The molecule has 162 valence electrons. The van der Waals surface area contributed by atoms with Crippen molar-refractivity contribution in [2.24, 2.45) is 0 Å². The van der Waals surface area contributed by atoms with Crippen LogP contribution >= 0.6 is 11.6 Å². The molecule has 0 unspecified atom stereocenters. The number of aromatic nitrogens is 5. The summed E-state index contributed by atoms with van der Waals surface area (Å²) >= 11 is 6.30. The van der Waals surface area contributed by atoms with E-state index in [1.165, 1.54) is 0 Å². The summed E-state index contributed by atoms with van der Waals surface area (Å²) in [4.78, 5) is 18.4. The fourth-order valence-corrected chi connectivity index (χ4v) is 4.21. The molecule has 0 aliphatic rings. The van der Waals surface area contributed by atoms with Gasteiger partial charge in [-0.3, -0.25) is 4.57 Å². The average Bonchev–Trinajstić information content (AvgIpc) is 3.29. The van der Waals surface area contributed by atoms with E-state index in [-0.39, 0.29) is 5.28 Å². The van der Waals surface area contributed by atoms with Crippen LogP contribution in [0.4, 0.5) is 0 Å². The number of imidazole rings is 1. The summed E-state index contributed by atoms with van der Waals surface area (Å²) in [7, 11) is 0. The van der Waals surface area contributed by atoms with E-state index >= 15 is 0 Å². The molecule has 5 nitrogen and oxygen atoms in total. The highest BCUT2D eigenvalue weighted by molar-refractivity contribution is 6.28. The molecule has 0 aliphatic heterocycles. The second-order valence-corrected chi connectivity index (χ2v) is 8.13. The molecule has 0 fully saturated rings. The van der Waals surface area contributed by atoms with Gasteiger partial charge in [0.1, 0.15) is 5.82 Å². The molecule has 0 amide bonds. The van der Waals surface area contributed by atoms with Gasteiger partial charge >= 0.3 is 0 Å². The fraction of sp³-hybridized carbons (Fsp3) is 0. The first kappa shape index (κ1) is 20.3. The van der Waals surface area contributed by atoms with Crippen molar-refractivity contribution >= 4 is 22.6 Å². The van der Waals surface area contributed by atoms with Crippen LogP contribution in [0.5, 0.6) is 0 Å². The molecule has 0 spiro atoms. The molecule has 0 radical (unpaired) electrons. The number of hydrogen-bond acceptors (Lipinski definition) is 4. The van der Waals surface area contributed by atoms with Crippen LogP contribution < -0.4 is 0 Å². The van der Waals surface area contributed by atoms with Gasteiger partial charge in [0, 0.05) is 22.4 Å². The summed E-state index contributed by atoms with van der Waals surface area (Å²) in [5.74, 6) is 1.93. The van der Waals surface area contributed by atoms with Gasteiger partial charge < -0.3 is 0 Å². The Morgan fingerprint density at radius 3 is 1.91 bits per heavy atom. The zero-order valence-electron chi connectivity index (χ0n) is 18.0. The normalized spacial score (nSPS) is 11.1. The van der Waals surface area contributed by atoms with E-state index in [0.717, 1.165) is 39.2 Å². The SMILES string of the molecule is Clc1nc(-c2ccccc2)nc(-c2cccc(-n3c(-c4ccccc4)nc4ccccc43)c2)n1. The van der Waals surface area contributed by atoms with Crippen LogP contribution in [0.15, 0.2) is 109 Å².